The first-order valence-corrected chi connectivity index (χ1v) is 7.46. The minimum atomic E-state index is 0.479. The zero-order valence-corrected chi connectivity index (χ0v) is 12.2. The van der Waals surface area contributed by atoms with Crippen molar-refractivity contribution in [2.75, 3.05) is 5.32 Å². The van der Waals surface area contributed by atoms with Crippen LogP contribution in [0.3, 0.4) is 0 Å². The van der Waals surface area contributed by atoms with Crippen LogP contribution in [0.5, 0.6) is 0 Å². The highest BCUT2D eigenvalue weighted by Crippen LogP contribution is 2.31. The normalized spacial score (nSPS) is 16.7. The first-order valence-electron chi connectivity index (χ1n) is 7.46. The molecule has 0 spiro atoms. The topological polar surface area (TPSA) is 42.7 Å². The summed E-state index contributed by atoms with van der Waals surface area (Å²) in [5.41, 5.74) is 1.08. The molecule has 2 aromatic rings. The van der Waals surface area contributed by atoms with Crippen molar-refractivity contribution >= 4 is 5.69 Å². The summed E-state index contributed by atoms with van der Waals surface area (Å²) in [4.78, 5) is 8.79. The largest absolute Gasteiger partial charge is 0.380 e. The lowest BCUT2D eigenvalue weighted by molar-refractivity contribution is 0.286. The molecule has 1 N–H and O–H groups in total. The summed E-state index contributed by atoms with van der Waals surface area (Å²) in [6.07, 6.45) is 11.0. The van der Waals surface area contributed by atoms with Gasteiger partial charge in [0, 0.05) is 24.6 Å². The molecule has 1 atom stereocenters. The molecule has 3 rings (SSSR count). The van der Waals surface area contributed by atoms with Crippen molar-refractivity contribution in [3.8, 4) is 5.82 Å². The molecule has 20 heavy (non-hydrogen) atoms. The van der Waals surface area contributed by atoms with Gasteiger partial charge in [-0.25, -0.2) is 9.97 Å². The van der Waals surface area contributed by atoms with E-state index in [4.69, 9.17) is 0 Å². The summed E-state index contributed by atoms with van der Waals surface area (Å²) in [6, 6.07) is 4.56. The summed E-state index contributed by atoms with van der Waals surface area (Å²) in [5, 5.41) is 3.61. The van der Waals surface area contributed by atoms with Crippen molar-refractivity contribution in [2.45, 2.75) is 45.6 Å². The van der Waals surface area contributed by atoms with Crippen LogP contribution in [0, 0.1) is 12.8 Å². The summed E-state index contributed by atoms with van der Waals surface area (Å²) >= 11 is 0. The Hall–Kier alpha value is -1.84. The Balaban J connectivity index is 1.77. The number of hydrogen-bond donors (Lipinski definition) is 1. The molecule has 1 aliphatic carbocycles. The molecular formula is C16H22N4. The molecule has 0 bridgehead atoms. The van der Waals surface area contributed by atoms with Gasteiger partial charge in [0.15, 0.2) is 5.82 Å². The highest BCUT2D eigenvalue weighted by atomic mass is 15.1. The molecule has 1 aliphatic rings. The maximum absolute atomic E-state index is 4.51. The van der Waals surface area contributed by atoms with E-state index in [2.05, 4.69) is 28.3 Å². The van der Waals surface area contributed by atoms with Crippen molar-refractivity contribution in [1.29, 1.82) is 0 Å². The van der Waals surface area contributed by atoms with Gasteiger partial charge in [-0.15, -0.1) is 0 Å². The first-order chi connectivity index (χ1) is 9.74. The third kappa shape index (κ3) is 2.69. The summed E-state index contributed by atoms with van der Waals surface area (Å²) in [6.45, 7) is 4.26. The van der Waals surface area contributed by atoms with Crippen LogP contribution in [0.4, 0.5) is 5.69 Å². The number of imidazole rings is 1. The fourth-order valence-electron chi connectivity index (χ4n) is 2.86. The Morgan fingerprint density at radius 2 is 2.20 bits per heavy atom. The quantitative estimate of drug-likeness (QED) is 0.903. The van der Waals surface area contributed by atoms with Gasteiger partial charge in [-0.2, -0.15) is 0 Å². The zero-order chi connectivity index (χ0) is 13.9. The van der Waals surface area contributed by atoms with Crippen molar-refractivity contribution in [3.63, 3.8) is 0 Å². The fourth-order valence-corrected chi connectivity index (χ4v) is 2.86. The number of rotatable bonds is 5. The van der Waals surface area contributed by atoms with Crippen LogP contribution in [0.15, 0.2) is 30.7 Å². The molecular weight excluding hydrogens is 248 g/mol. The average molecular weight is 270 g/mol. The number of aryl methyl sites for hydroxylation is 1. The van der Waals surface area contributed by atoms with Crippen LogP contribution >= 0.6 is 0 Å². The number of anilines is 1. The molecule has 2 aromatic heterocycles. The number of hydrogen-bond acceptors (Lipinski definition) is 3. The van der Waals surface area contributed by atoms with Gasteiger partial charge in [0.25, 0.3) is 0 Å². The highest BCUT2D eigenvalue weighted by Gasteiger charge is 2.20. The van der Waals surface area contributed by atoms with Gasteiger partial charge in [-0.05, 0) is 38.3 Å². The molecule has 2 heterocycles. The van der Waals surface area contributed by atoms with Gasteiger partial charge < -0.3 is 5.32 Å². The van der Waals surface area contributed by atoms with Gasteiger partial charge in [0.2, 0.25) is 0 Å². The molecule has 0 aromatic carbocycles. The monoisotopic (exact) mass is 270 g/mol. The molecule has 4 heteroatoms. The van der Waals surface area contributed by atoms with E-state index in [-0.39, 0.29) is 0 Å². The van der Waals surface area contributed by atoms with Gasteiger partial charge in [0.1, 0.15) is 5.82 Å². The summed E-state index contributed by atoms with van der Waals surface area (Å²) in [7, 11) is 0. The van der Waals surface area contributed by atoms with E-state index in [1.54, 1.807) is 0 Å². The minimum Gasteiger partial charge on any atom is -0.380 e. The van der Waals surface area contributed by atoms with Crippen LogP contribution in [0.1, 0.15) is 38.4 Å². The summed E-state index contributed by atoms with van der Waals surface area (Å²) < 4.78 is 2.03. The molecule has 0 radical (unpaired) electrons. The number of nitrogens with zero attached hydrogens (tertiary/aromatic N) is 3. The zero-order valence-electron chi connectivity index (χ0n) is 12.2. The molecule has 1 fully saturated rings. The molecule has 0 amide bonds. The van der Waals surface area contributed by atoms with Gasteiger partial charge >= 0.3 is 0 Å². The predicted octanol–water partition coefficient (Wildman–Crippen LogP) is 3.57. The Labute approximate surface area is 120 Å². The van der Waals surface area contributed by atoms with Crippen molar-refractivity contribution in [3.05, 3.63) is 36.5 Å². The Morgan fingerprint density at radius 1 is 1.35 bits per heavy atom. The molecule has 0 saturated heterocycles. The van der Waals surface area contributed by atoms with Crippen molar-refractivity contribution in [1.82, 2.24) is 14.5 Å². The van der Waals surface area contributed by atoms with Gasteiger partial charge in [0.05, 0.1) is 5.69 Å². The average Bonchev–Trinajstić information content (AvgIpc) is 2.81. The van der Waals surface area contributed by atoms with Crippen LogP contribution in [0.25, 0.3) is 5.82 Å². The van der Waals surface area contributed by atoms with Crippen LogP contribution in [0.2, 0.25) is 0 Å². The SMILES string of the molecule is Cc1nccn1-c1ncccc1NC(C)CC1CCC1. The standard InChI is InChI=1S/C16H22N4/c1-12(11-14-5-3-6-14)19-15-7-4-8-18-16(15)20-10-9-17-13(20)2/h4,7-10,12,14,19H,3,5-6,11H2,1-2H3. The predicted molar refractivity (Wildman–Crippen MR) is 81.1 cm³/mol. The van der Waals surface area contributed by atoms with E-state index < -0.39 is 0 Å². The molecule has 106 valence electrons. The maximum Gasteiger partial charge on any atom is 0.161 e. The van der Waals surface area contributed by atoms with E-state index in [1.165, 1.54) is 25.7 Å². The van der Waals surface area contributed by atoms with Gasteiger partial charge in [-0.3, -0.25) is 4.57 Å². The number of pyridine rings is 1. The summed E-state index contributed by atoms with van der Waals surface area (Å²) in [5.74, 6) is 2.80. The van der Waals surface area contributed by atoms with E-state index in [1.807, 2.05) is 36.1 Å². The molecule has 1 unspecified atom stereocenters. The lowest BCUT2D eigenvalue weighted by atomic mass is 9.81. The molecule has 0 aliphatic heterocycles. The molecule has 4 nitrogen and oxygen atoms in total. The third-order valence-electron chi connectivity index (χ3n) is 4.15. The Bertz CT molecular complexity index is 571. The van der Waals surface area contributed by atoms with Crippen LogP contribution < -0.4 is 5.32 Å². The lowest BCUT2D eigenvalue weighted by Crippen LogP contribution is -2.24. The Morgan fingerprint density at radius 3 is 2.85 bits per heavy atom. The maximum atomic E-state index is 4.51. The van der Waals surface area contributed by atoms with E-state index >= 15 is 0 Å². The fraction of sp³-hybridized carbons (Fsp3) is 0.500. The lowest BCUT2D eigenvalue weighted by Gasteiger charge is -2.29. The number of nitrogens with one attached hydrogen (secondary N) is 1. The Kier molecular flexibility index (Phi) is 3.72. The second kappa shape index (κ2) is 5.65. The molecule has 1 saturated carbocycles. The van der Waals surface area contributed by atoms with Crippen molar-refractivity contribution in [2.24, 2.45) is 5.92 Å². The van der Waals surface area contributed by atoms with E-state index in [0.717, 1.165) is 23.2 Å². The van der Waals surface area contributed by atoms with E-state index in [0.29, 0.717) is 6.04 Å². The smallest absolute Gasteiger partial charge is 0.161 e. The van der Waals surface area contributed by atoms with Gasteiger partial charge in [-0.1, -0.05) is 19.3 Å². The second-order valence-corrected chi connectivity index (χ2v) is 5.80. The van der Waals surface area contributed by atoms with Crippen LogP contribution in [-0.2, 0) is 0 Å². The second-order valence-electron chi connectivity index (χ2n) is 5.80. The first kappa shape index (κ1) is 13.2. The third-order valence-corrected chi connectivity index (χ3v) is 4.15. The van der Waals surface area contributed by atoms with Crippen molar-refractivity contribution < 1.29 is 0 Å². The minimum absolute atomic E-state index is 0.479. The van der Waals surface area contributed by atoms with E-state index in [9.17, 15) is 0 Å². The number of aromatic nitrogens is 3. The highest BCUT2D eigenvalue weighted by molar-refractivity contribution is 5.57. The van der Waals surface area contributed by atoms with Crippen LogP contribution in [-0.4, -0.2) is 20.6 Å².